The maximum atomic E-state index is 12.6. The van der Waals surface area contributed by atoms with Crippen molar-refractivity contribution in [2.45, 2.75) is 26.4 Å². The van der Waals surface area contributed by atoms with E-state index in [1.165, 1.54) is 0 Å². The zero-order valence-corrected chi connectivity index (χ0v) is 16.7. The molecular formula is C21H29N2O4+. The van der Waals surface area contributed by atoms with E-state index in [-0.39, 0.29) is 11.9 Å². The van der Waals surface area contributed by atoms with Crippen LogP contribution in [-0.4, -0.2) is 39.8 Å². The second kappa shape index (κ2) is 9.83. The molecule has 0 aliphatic heterocycles. The van der Waals surface area contributed by atoms with Gasteiger partial charge in [-0.15, -0.1) is 0 Å². The molecule has 0 saturated heterocycles. The van der Waals surface area contributed by atoms with Crippen LogP contribution in [0.5, 0.6) is 17.2 Å². The molecule has 146 valence electrons. The number of methoxy groups -OCH3 is 2. The number of likely N-dealkylation sites (N-methyl/N-ethyl adjacent to an activating group) is 1. The number of hydrogen-bond acceptors (Lipinski definition) is 4. The van der Waals surface area contributed by atoms with Gasteiger partial charge in [-0.3, -0.25) is 4.79 Å². The number of ether oxygens (including phenoxy) is 3. The minimum absolute atomic E-state index is 0.0603. The fourth-order valence-corrected chi connectivity index (χ4v) is 2.78. The van der Waals surface area contributed by atoms with E-state index in [1.807, 2.05) is 63.4 Å². The Morgan fingerprint density at radius 2 is 1.78 bits per heavy atom. The second-order valence-electron chi connectivity index (χ2n) is 6.35. The Morgan fingerprint density at radius 3 is 2.44 bits per heavy atom. The summed E-state index contributed by atoms with van der Waals surface area (Å²) in [4.78, 5) is 13.7. The first-order chi connectivity index (χ1) is 13.0. The van der Waals surface area contributed by atoms with Gasteiger partial charge in [0.15, 0.2) is 17.5 Å². The van der Waals surface area contributed by atoms with Gasteiger partial charge in [0.2, 0.25) is 0 Å². The number of amides is 1. The van der Waals surface area contributed by atoms with Crippen molar-refractivity contribution in [2.75, 3.05) is 33.2 Å². The highest BCUT2D eigenvalue weighted by Gasteiger charge is 2.23. The summed E-state index contributed by atoms with van der Waals surface area (Å²) in [7, 11) is 5.21. The van der Waals surface area contributed by atoms with E-state index >= 15 is 0 Å². The molecule has 0 aliphatic rings. The van der Waals surface area contributed by atoms with Gasteiger partial charge in [-0.1, -0.05) is 12.1 Å². The Bertz CT molecular complexity index is 764. The fraction of sp³-hybridized carbons (Fsp3) is 0.381. The lowest BCUT2D eigenvalue weighted by Crippen LogP contribution is -3.12. The lowest BCUT2D eigenvalue weighted by molar-refractivity contribution is -0.907. The van der Waals surface area contributed by atoms with E-state index in [1.54, 1.807) is 14.2 Å². The average molecular weight is 373 g/mol. The standard InChI is InChI=1S/C21H28N2O4/c1-6-27-19-12-11-16(13-20(19)26-5)14-23(3)15(2)21(24)22-17-9-7-8-10-18(17)25-4/h7-13,15H,6,14H2,1-5H3,(H,22,24)/p+1/t15-/m1/s1. The van der Waals surface area contributed by atoms with Crippen molar-refractivity contribution in [2.24, 2.45) is 0 Å². The van der Waals surface area contributed by atoms with Gasteiger partial charge in [0.05, 0.1) is 33.6 Å². The first-order valence-electron chi connectivity index (χ1n) is 9.06. The molecule has 0 aromatic heterocycles. The molecule has 27 heavy (non-hydrogen) atoms. The predicted octanol–water partition coefficient (Wildman–Crippen LogP) is 2.14. The van der Waals surface area contributed by atoms with Crippen LogP contribution < -0.4 is 24.4 Å². The summed E-state index contributed by atoms with van der Waals surface area (Å²) in [5.74, 6) is 2.01. The minimum atomic E-state index is -0.243. The van der Waals surface area contributed by atoms with Crippen LogP contribution in [-0.2, 0) is 11.3 Å². The van der Waals surface area contributed by atoms with Crippen LogP contribution in [0.2, 0.25) is 0 Å². The first-order valence-corrected chi connectivity index (χ1v) is 9.06. The molecule has 2 N–H and O–H groups in total. The second-order valence-corrected chi connectivity index (χ2v) is 6.35. The third-order valence-corrected chi connectivity index (χ3v) is 4.51. The highest BCUT2D eigenvalue weighted by Crippen LogP contribution is 2.27. The monoisotopic (exact) mass is 373 g/mol. The van der Waals surface area contributed by atoms with Crippen molar-refractivity contribution in [3.63, 3.8) is 0 Å². The van der Waals surface area contributed by atoms with Crippen LogP contribution in [0.1, 0.15) is 19.4 Å². The van der Waals surface area contributed by atoms with Gasteiger partial charge >= 0.3 is 0 Å². The summed E-state index contributed by atoms with van der Waals surface area (Å²) in [6, 6.07) is 13.0. The van der Waals surface area contributed by atoms with Crippen molar-refractivity contribution in [3.8, 4) is 17.2 Å². The Morgan fingerprint density at radius 1 is 1.07 bits per heavy atom. The van der Waals surface area contributed by atoms with Crippen LogP contribution in [0.25, 0.3) is 0 Å². The topological polar surface area (TPSA) is 61.2 Å². The summed E-state index contributed by atoms with van der Waals surface area (Å²) < 4.78 is 16.3. The molecule has 0 spiro atoms. The molecule has 2 aromatic rings. The third-order valence-electron chi connectivity index (χ3n) is 4.51. The number of para-hydroxylation sites is 2. The van der Waals surface area contributed by atoms with Crippen LogP contribution >= 0.6 is 0 Å². The normalized spacial score (nSPS) is 12.8. The molecule has 1 unspecified atom stereocenters. The lowest BCUT2D eigenvalue weighted by Gasteiger charge is -2.22. The van der Waals surface area contributed by atoms with Crippen molar-refractivity contribution < 1.29 is 23.9 Å². The maximum Gasteiger partial charge on any atom is 0.282 e. The molecule has 0 aliphatic carbocycles. The van der Waals surface area contributed by atoms with Gasteiger partial charge in [0.1, 0.15) is 12.3 Å². The number of nitrogens with one attached hydrogen (secondary N) is 2. The van der Waals surface area contributed by atoms with E-state index < -0.39 is 0 Å². The molecule has 6 nitrogen and oxygen atoms in total. The summed E-state index contributed by atoms with van der Waals surface area (Å²) in [6.45, 7) is 5.11. The zero-order chi connectivity index (χ0) is 19.8. The van der Waals surface area contributed by atoms with E-state index in [0.29, 0.717) is 30.3 Å². The van der Waals surface area contributed by atoms with E-state index in [4.69, 9.17) is 14.2 Å². The predicted molar refractivity (Wildman–Crippen MR) is 106 cm³/mol. The molecule has 1 amide bonds. The molecule has 0 fully saturated rings. The van der Waals surface area contributed by atoms with Gasteiger partial charge in [0.25, 0.3) is 5.91 Å². The average Bonchev–Trinajstić information content (AvgIpc) is 2.68. The van der Waals surface area contributed by atoms with Gasteiger partial charge in [-0.25, -0.2) is 0 Å². The highest BCUT2D eigenvalue weighted by atomic mass is 16.5. The Balaban J connectivity index is 2.04. The van der Waals surface area contributed by atoms with Crippen LogP contribution in [0, 0.1) is 0 Å². The molecular weight excluding hydrogens is 344 g/mol. The van der Waals surface area contributed by atoms with Crippen molar-refractivity contribution >= 4 is 11.6 Å². The molecule has 0 heterocycles. The molecule has 6 heteroatoms. The molecule has 0 radical (unpaired) electrons. The summed E-state index contributed by atoms with van der Waals surface area (Å²) in [6.07, 6.45) is 0. The SMILES string of the molecule is CCOc1ccc(C[NH+](C)[C@H](C)C(=O)Nc2ccccc2OC)cc1OC. The molecule has 2 aromatic carbocycles. The quantitative estimate of drug-likeness (QED) is 0.707. The van der Waals surface area contributed by atoms with Gasteiger partial charge in [0, 0.05) is 5.56 Å². The molecule has 2 atom stereocenters. The van der Waals surface area contributed by atoms with Crippen molar-refractivity contribution in [1.29, 1.82) is 0 Å². The smallest absolute Gasteiger partial charge is 0.282 e. The van der Waals surface area contributed by atoms with Gasteiger partial charge in [-0.2, -0.15) is 0 Å². The maximum absolute atomic E-state index is 12.6. The largest absolute Gasteiger partial charge is 0.495 e. The zero-order valence-electron chi connectivity index (χ0n) is 16.7. The van der Waals surface area contributed by atoms with E-state index in [0.717, 1.165) is 16.2 Å². The van der Waals surface area contributed by atoms with Crippen LogP contribution in [0.4, 0.5) is 5.69 Å². The third kappa shape index (κ3) is 5.37. The van der Waals surface area contributed by atoms with Crippen molar-refractivity contribution in [3.05, 3.63) is 48.0 Å². The summed E-state index contributed by atoms with van der Waals surface area (Å²) in [5, 5.41) is 2.95. The Labute approximate surface area is 161 Å². The molecule has 0 bridgehead atoms. The number of rotatable bonds is 9. The first kappa shape index (κ1) is 20.6. The van der Waals surface area contributed by atoms with Crippen molar-refractivity contribution in [1.82, 2.24) is 0 Å². The molecule has 0 saturated carbocycles. The van der Waals surface area contributed by atoms with E-state index in [9.17, 15) is 4.79 Å². The van der Waals surface area contributed by atoms with Gasteiger partial charge < -0.3 is 24.4 Å². The highest BCUT2D eigenvalue weighted by molar-refractivity contribution is 5.94. The Kier molecular flexibility index (Phi) is 7.49. The van der Waals surface area contributed by atoms with Gasteiger partial charge in [-0.05, 0) is 44.2 Å². The number of anilines is 1. The molecule has 2 rings (SSSR count). The van der Waals surface area contributed by atoms with Crippen LogP contribution in [0.3, 0.4) is 0 Å². The summed E-state index contributed by atoms with van der Waals surface area (Å²) in [5.41, 5.74) is 1.75. The fourth-order valence-electron chi connectivity index (χ4n) is 2.78. The van der Waals surface area contributed by atoms with E-state index in [2.05, 4.69) is 5.32 Å². The number of quaternary nitrogens is 1. The van der Waals surface area contributed by atoms with Crippen LogP contribution in [0.15, 0.2) is 42.5 Å². The number of benzene rings is 2. The number of hydrogen-bond donors (Lipinski definition) is 2. The number of carbonyl (C=O) groups is 1. The lowest BCUT2D eigenvalue weighted by atomic mass is 10.1. The summed E-state index contributed by atoms with van der Waals surface area (Å²) >= 11 is 0. The Hall–Kier alpha value is -2.73. The number of carbonyl (C=O) groups excluding carboxylic acids is 1. The minimum Gasteiger partial charge on any atom is -0.495 e.